The fourth-order valence-corrected chi connectivity index (χ4v) is 2.12. The Labute approximate surface area is 103 Å². The minimum atomic E-state index is 0.0359. The van der Waals surface area contributed by atoms with Gasteiger partial charge in [0.05, 0.1) is 17.3 Å². The summed E-state index contributed by atoms with van der Waals surface area (Å²) in [6.45, 7) is 4.41. The number of halogens is 1. The number of rotatable bonds is 5. The molecule has 1 aromatic carbocycles. The van der Waals surface area contributed by atoms with Gasteiger partial charge in [-0.25, -0.2) is 0 Å². The van der Waals surface area contributed by atoms with Crippen LogP contribution in [0.5, 0.6) is 0 Å². The molecular weight excluding hydrogens is 222 g/mol. The summed E-state index contributed by atoms with van der Waals surface area (Å²) >= 11 is 6.19. The third-order valence-corrected chi connectivity index (χ3v) is 3.24. The summed E-state index contributed by atoms with van der Waals surface area (Å²) in [7, 11) is 2.06. The summed E-state index contributed by atoms with van der Waals surface area (Å²) in [6.07, 6.45) is 2.31. The van der Waals surface area contributed by atoms with Crippen molar-refractivity contribution in [2.75, 3.05) is 11.9 Å². The van der Waals surface area contributed by atoms with Gasteiger partial charge in [0.15, 0.2) is 0 Å². The average molecular weight is 242 g/mol. The van der Waals surface area contributed by atoms with Gasteiger partial charge in [0.25, 0.3) is 0 Å². The van der Waals surface area contributed by atoms with Gasteiger partial charge in [-0.3, -0.25) is 0 Å². The van der Waals surface area contributed by atoms with Crippen molar-refractivity contribution in [3.8, 4) is 0 Å². The first kappa shape index (κ1) is 13.3. The number of anilines is 1. The predicted molar refractivity (Wildman–Crippen MR) is 70.1 cm³/mol. The molecule has 1 N–H and O–H groups in total. The second-order valence-electron chi connectivity index (χ2n) is 4.19. The number of benzene rings is 1. The molecule has 0 aliphatic heterocycles. The molecule has 1 rings (SSSR count). The van der Waals surface area contributed by atoms with Gasteiger partial charge in [0, 0.05) is 13.1 Å². The van der Waals surface area contributed by atoms with Crippen molar-refractivity contribution >= 4 is 17.3 Å². The van der Waals surface area contributed by atoms with Crippen LogP contribution in [0, 0.1) is 0 Å². The SMILES string of the molecule is CCCC(C)N(C)c1ccc(CO)cc1Cl. The number of nitrogens with zero attached hydrogens (tertiary/aromatic N) is 1. The molecule has 16 heavy (non-hydrogen) atoms. The van der Waals surface area contributed by atoms with Crippen LogP contribution in [0.4, 0.5) is 5.69 Å². The molecule has 2 nitrogen and oxygen atoms in total. The van der Waals surface area contributed by atoms with E-state index in [-0.39, 0.29) is 6.61 Å². The van der Waals surface area contributed by atoms with Gasteiger partial charge in [0.1, 0.15) is 0 Å². The van der Waals surface area contributed by atoms with Crippen LogP contribution in [0.2, 0.25) is 5.02 Å². The van der Waals surface area contributed by atoms with Crippen molar-refractivity contribution in [3.05, 3.63) is 28.8 Å². The number of hydrogen-bond acceptors (Lipinski definition) is 2. The lowest BCUT2D eigenvalue weighted by molar-refractivity contribution is 0.282. The topological polar surface area (TPSA) is 23.5 Å². The van der Waals surface area contributed by atoms with Crippen LogP contribution >= 0.6 is 11.6 Å². The smallest absolute Gasteiger partial charge is 0.0682 e. The van der Waals surface area contributed by atoms with Gasteiger partial charge in [0.2, 0.25) is 0 Å². The molecular formula is C13H20ClNO. The van der Waals surface area contributed by atoms with E-state index in [9.17, 15) is 0 Å². The molecule has 1 unspecified atom stereocenters. The van der Waals surface area contributed by atoms with Crippen LogP contribution < -0.4 is 4.90 Å². The van der Waals surface area contributed by atoms with Crippen molar-refractivity contribution in [2.24, 2.45) is 0 Å². The number of hydrogen-bond donors (Lipinski definition) is 1. The predicted octanol–water partition coefficient (Wildman–Crippen LogP) is 3.46. The Balaban J connectivity index is 2.87. The van der Waals surface area contributed by atoms with E-state index in [0.717, 1.165) is 24.1 Å². The molecule has 0 radical (unpaired) electrons. The lowest BCUT2D eigenvalue weighted by atomic mass is 10.1. The van der Waals surface area contributed by atoms with Crippen LogP contribution in [0.25, 0.3) is 0 Å². The lowest BCUT2D eigenvalue weighted by Crippen LogP contribution is -2.28. The molecule has 0 heterocycles. The first-order valence-corrected chi connectivity index (χ1v) is 6.10. The normalized spacial score (nSPS) is 12.6. The van der Waals surface area contributed by atoms with Crippen LogP contribution in [0.15, 0.2) is 18.2 Å². The van der Waals surface area contributed by atoms with E-state index in [1.165, 1.54) is 0 Å². The van der Waals surface area contributed by atoms with Crippen molar-refractivity contribution in [1.82, 2.24) is 0 Å². The van der Waals surface area contributed by atoms with E-state index in [2.05, 4.69) is 25.8 Å². The molecule has 0 aliphatic carbocycles. The highest BCUT2D eigenvalue weighted by atomic mass is 35.5. The Morgan fingerprint density at radius 1 is 1.44 bits per heavy atom. The highest BCUT2D eigenvalue weighted by molar-refractivity contribution is 6.33. The first-order chi connectivity index (χ1) is 7.60. The second-order valence-corrected chi connectivity index (χ2v) is 4.60. The minimum absolute atomic E-state index is 0.0359. The zero-order valence-corrected chi connectivity index (χ0v) is 11.0. The molecule has 0 saturated carbocycles. The monoisotopic (exact) mass is 241 g/mol. The summed E-state index contributed by atoms with van der Waals surface area (Å²) in [5.74, 6) is 0. The Bertz CT molecular complexity index is 341. The molecule has 0 saturated heterocycles. The fourth-order valence-electron chi connectivity index (χ4n) is 1.78. The zero-order valence-electron chi connectivity index (χ0n) is 10.2. The maximum Gasteiger partial charge on any atom is 0.0682 e. The third kappa shape index (κ3) is 3.13. The molecule has 0 aliphatic rings. The first-order valence-electron chi connectivity index (χ1n) is 5.72. The van der Waals surface area contributed by atoms with Gasteiger partial charge in [-0.15, -0.1) is 0 Å². The van der Waals surface area contributed by atoms with Crippen LogP contribution in [-0.2, 0) is 6.61 Å². The maximum absolute atomic E-state index is 9.01. The molecule has 0 amide bonds. The average Bonchev–Trinajstić information content (AvgIpc) is 2.28. The molecule has 1 aromatic rings. The standard InChI is InChI=1S/C13H20ClNO/c1-4-5-10(2)15(3)13-7-6-11(9-16)8-12(13)14/h6-8,10,16H,4-5,9H2,1-3H3. The van der Waals surface area contributed by atoms with E-state index in [1.54, 1.807) is 0 Å². The fraction of sp³-hybridized carbons (Fsp3) is 0.538. The van der Waals surface area contributed by atoms with E-state index >= 15 is 0 Å². The van der Waals surface area contributed by atoms with Crippen LogP contribution in [0.3, 0.4) is 0 Å². The highest BCUT2D eigenvalue weighted by Gasteiger charge is 2.12. The lowest BCUT2D eigenvalue weighted by Gasteiger charge is -2.27. The third-order valence-electron chi connectivity index (χ3n) is 2.94. The van der Waals surface area contributed by atoms with Crippen molar-refractivity contribution in [2.45, 2.75) is 39.3 Å². The Kier molecular flexibility index (Phi) is 5.10. The molecule has 0 bridgehead atoms. The van der Waals surface area contributed by atoms with Gasteiger partial charge in [-0.05, 0) is 31.0 Å². The van der Waals surface area contributed by atoms with Gasteiger partial charge in [-0.2, -0.15) is 0 Å². The summed E-state index contributed by atoms with van der Waals surface area (Å²) in [5.41, 5.74) is 1.88. The Morgan fingerprint density at radius 2 is 2.12 bits per heavy atom. The molecule has 0 fully saturated rings. The summed E-state index contributed by atoms with van der Waals surface area (Å²) in [4.78, 5) is 2.19. The van der Waals surface area contributed by atoms with Crippen LogP contribution in [-0.4, -0.2) is 18.2 Å². The van der Waals surface area contributed by atoms with Crippen molar-refractivity contribution < 1.29 is 5.11 Å². The Morgan fingerprint density at radius 3 is 2.62 bits per heavy atom. The largest absolute Gasteiger partial charge is 0.392 e. The van der Waals surface area contributed by atoms with Gasteiger partial charge >= 0.3 is 0 Å². The summed E-state index contributed by atoms with van der Waals surface area (Å²) in [6, 6.07) is 6.19. The second kappa shape index (κ2) is 6.12. The maximum atomic E-state index is 9.01. The number of aliphatic hydroxyl groups excluding tert-OH is 1. The molecule has 3 heteroatoms. The Hall–Kier alpha value is -0.730. The minimum Gasteiger partial charge on any atom is -0.392 e. The molecule has 90 valence electrons. The molecule has 0 aromatic heterocycles. The van der Waals surface area contributed by atoms with E-state index in [1.807, 2.05) is 18.2 Å². The van der Waals surface area contributed by atoms with Crippen molar-refractivity contribution in [1.29, 1.82) is 0 Å². The van der Waals surface area contributed by atoms with Crippen molar-refractivity contribution in [3.63, 3.8) is 0 Å². The van der Waals surface area contributed by atoms with E-state index in [0.29, 0.717) is 11.1 Å². The van der Waals surface area contributed by atoms with Crippen LogP contribution in [0.1, 0.15) is 32.3 Å². The molecule has 1 atom stereocenters. The van der Waals surface area contributed by atoms with Gasteiger partial charge in [-0.1, -0.05) is 31.0 Å². The zero-order chi connectivity index (χ0) is 12.1. The highest BCUT2D eigenvalue weighted by Crippen LogP contribution is 2.28. The van der Waals surface area contributed by atoms with E-state index < -0.39 is 0 Å². The molecule has 0 spiro atoms. The van der Waals surface area contributed by atoms with Gasteiger partial charge < -0.3 is 10.0 Å². The number of aliphatic hydroxyl groups is 1. The quantitative estimate of drug-likeness (QED) is 0.854. The summed E-state index contributed by atoms with van der Waals surface area (Å²) < 4.78 is 0. The summed E-state index contributed by atoms with van der Waals surface area (Å²) in [5, 5.41) is 9.72. The van der Waals surface area contributed by atoms with E-state index in [4.69, 9.17) is 16.7 Å².